The Kier molecular flexibility index (Phi) is 4.35. The summed E-state index contributed by atoms with van der Waals surface area (Å²) in [4.78, 5) is 13.1. The molecule has 0 unspecified atom stereocenters. The van der Waals surface area contributed by atoms with Gasteiger partial charge in [0.25, 0.3) is 0 Å². The van der Waals surface area contributed by atoms with E-state index in [0.717, 1.165) is 16.7 Å². The summed E-state index contributed by atoms with van der Waals surface area (Å²) < 4.78 is 30.6. The van der Waals surface area contributed by atoms with Crippen LogP contribution in [0.5, 0.6) is 17.2 Å². The van der Waals surface area contributed by atoms with E-state index in [4.69, 9.17) is 14.2 Å². The van der Waals surface area contributed by atoms with Gasteiger partial charge in [0.2, 0.25) is 12.7 Å². The maximum absolute atomic E-state index is 14.5. The second kappa shape index (κ2) is 7.06. The molecule has 1 heterocycles. The Bertz CT molecular complexity index is 1140. The number of rotatable bonds is 5. The van der Waals surface area contributed by atoms with E-state index >= 15 is 0 Å². The summed E-state index contributed by atoms with van der Waals surface area (Å²) >= 11 is 0. The number of anilines is 1. The molecule has 1 saturated carbocycles. The molecule has 3 aromatic carbocycles. The molecular weight excluding hydrogens is 385 g/mol. The van der Waals surface area contributed by atoms with E-state index in [0.29, 0.717) is 30.1 Å². The molecule has 5 nitrogen and oxygen atoms in total. The second-order valence-corrected chi connectivity index (χ2v) is 7.53. The van der Waals surface area contributed by atoms with Crippen molar-refractivity contribution in [3.63, 3.8) is 0 Å². The van der Waals surface area contributed by atoms with Crippen LogP contribution in [0.2, 0.25) is 0 Å². The SMILES string of the molecule is COc1cccc(-c2ccc(F)c(NC(=O)C3(c4ccc5c(c4)OCO5)CC3)c2)c1. The van der Waals surface area contributed by atoms with Crippen molar-refractivity contribution in [1.29, 1.82) is 0 Å². The topological polar surface area (TPSA) is 56.8 Å². The molecule has 1 fully saturated rings. The molecule has 6 heteroatoms. The third-order valence-electron chi connectivity index (χ3n) is 5.73. The number of methoxy groups -OCH3 is 1. The first-order chi connectivity index (χ1) is 14.6. The van der Waals surface area contributed by atoms with Crippen LogP contribution < -0.4 is 19.5 Å². The number of fused-ring (bicyclic) bond motifs is 1. The lowest BCUT2D eigenvalue weighted by molar-refractivity contribution is -0.118. The molecule has 1 N–H and O–H groups in total. The van der Waals surface area contributed by atoms with Gasteiger partial charge in [-0.2, -0.15) is 0 Å². The van der Waals surface area contributed by atoms with Crippen LogP contribution in [-0.4, -0.2) is 19.8 Å². The van der Waals surface area contributed by atoms with Crippen LogP contribution in [0.15, 0.2) is 60.7 Å². The Morgan fingerprint density at radius 3 is 2.60 bits per heavy atom. The number of carbonyl (C=O) groups is 1. The van der Waals surface area contributed by atoms with Crippen LogP contribution >= 0.6 is 0 Å². The van der Waals surface area contributed by atoms with Gasteiger partial charge in [0.15, 0.2) is 11.5 Å². The van der Waals surface area contributed by atoms with Crippen molar-refractivity contribution in [1.82, 2.24) is 0 Å². The lowest BCUT2D eigenvalue weighted by Gasteiger charge is -2.17. The van der Waals surface area contributed by atoms with E-state index in [1.807, 2.05) is 42.5 Å². The van der Waals surface area contributed by atoms with E-state index < -0.39 is 11.2 Å². The Labute approximate surface area is 173 Å². The summed E-state index contributed by atoms with van der Waals surface area (Å²) in [6.45, 7) is 0.181. The second-order valence-electron chi connectivity index (χ2n) is 7.53. The van der Waals surface area contributed by atoms with Crippen LogP contribution in [-0.2, 0) is 10.2 Å². The summed E-state index contributed by atoms with van der Waals surface area (Å²) in [5.41, 5.74) is 2.01. The van der Waals surface area contributed by atoms with E-state index in [1.165, 1.54) is 6.07 Å². The third kappa shape index (κ3) is 3.14. The van der Waals surface area contributed by atoms with Gasteiger partial charge in [0, 0.05) is 0 Å². The molecule has 0 atom stereocenters. The van der Waals surface area contributed by atoms with Crippen molar-refractivity contribution in [3.8, 4) is 28.4 Å². The molecule has 3 aromatic rings. The first kappa shape index (κ1) is 18.5. The average Bonchev–Trinajstić information content (AvgIpc) is 3.46. The van der Waals surface area contributed by atoms with Crippen molar-refractivity contribution >= 4 is 11.6 Å². The molecule has 0 radical (unpaired) electrons. The van der Waals surface area contributed by atoms with Gasteiger partial charge in [-0.05, 0) is 65.9 Å². The number of carbonyl (C=O) groups excluding carboxylic acids is 1. The number of nitrogens with one attached hydrogen (secondary N) is 1. The predicted octanol–water partition coefficient (Wildman–Crippen LogP) is 4.90. The van der Waals surface area contributed by atoms with Gasteiger partial charge in [-0.1, -0.05) is 24.3 Å². The highest BCUT2D eigenvalue weighted by Gasteiger charge is 2.51. The van der Waals surface area contributed by atoms with Gasteiger partial charge in [0.05, 0.1) is 18.2 Å². The lowest BCUT2D eigenvalue weighted by atomic mass is 9.94. The van der Waals surface area contributed by atoms with Gasteiger partial charge >= 0.3 is 0 Å². The number of ether oxygens (including phenoxy) is 3. The largest absolute Gasteiger partial charge is 0.497 e. The molecule has 0 spiro atoms. The van der Waals surface area contributed by atoms with Crippen molar-refractivity contribution in [2.24, 2.45) is 0 Å². The standard InChI is InChI=1S/C24H20FNO4/c1-28-18-4-2-3-15(11-18)16-5-7-19(25)20(12-16)26-23(27)24(9-10-24)17-6-8-21-22(13-17)30-14-29-21/h2-8,11-13H,9-10,14H2,1H3,(H,26,27). The highest BCUT2D eigenvalue weighted by molar-refractivity contribution is 6.02. The number of halogens is 1. The smallest absolute Gasteiger partial charge is 0.235 e. The zero-order chi connectivity index (χ0) is 20.7. The summed E-state index contributed by atoms with van der Waals surface area (Å²) in [6.07, 6.45) is 1.41. The first-order valence-corrected chi connectivity index (χ1v) is 9.75. The van der Waals surface area contributed by atoms with Crippen LogP contribution in [0.3, 0.4) is 0 Å². The quantitative estimate of drug-likeness (QED) is 0.656. The van der Waals surface area contributed by atoms with Crippen molar-refractivity contribution in [2.45, 2.75) is 18.3 Å². The molecule has 152 valence electrons. The van der Waals surface area contributed by atoms with Crippen LogP contribution in [0.1, 0.15) is 18.4 Å². The maximum Gasteiger partial charge on any atom is 0.235 e. The zero-order valence-electron chi connectivity index (χ0n) is 16.4. The van der Waals surface area contributed by atoms with E-state index in [2.05, 4.69) is 5.32 Å². The molecule has 1 aliphatic carbocycles. The van der Waals surface area contributed by atoms with Crippen LogP contribution in [0, 0.1) is 5.82 Å². The van der Waals surface area contributed by atoms with Gasteiger partial charge in [-0.25, -0.2) is 4.39 Å². The van der Waals surface area contributed by atoms with Gasteiger partial charge in [0.1, 0.15) is 11.6 Å². The van der Waals surface area contributed by atoms with E-state index in [1.54, 1.807) is 19.2 Å². The molecule has 0 bridgehead atoms. The summed E-state index contributed by atoms with van der Waals surface area (Å²) in [7, 11) is 1.60. The minimum absolute atomic E-state index is 0.160. The molecule has 1 amide bonds. The van der Waals surface area contributed by atoms with E-state index in [9.17, 15) is 9.18 Å². The molecule has 0 aromatic heterocycles. The van der Waals surface area contributed by atoms with Gasteiger partial charge in [-0.3, -0.25) is 4.79 Å². The fourth-order valence-corrected chi connectivity index (χ4v) is 3.81. The minimum Gasteiger partial charge on any atom is -0.497 e. The highest BCUT2D eigenvalue weighted by atomic mass is 19.1. The molecule has 0 saturated heterocycles. The Hall–Kier alpha value is -3.54. The number of hydrogen-bond donors (Lipinski definition) is 1. The highest BCUT2D eigenvalue weighted by Crippen LogP contribution is 2.51. The summed E-state index contributed by atoms with van der Waals surface area (Å²) in [5, 5.41) is 2.80. The number of amides is 1. The zero-order valence-corrected chi connectivity index (χ0v) is 16.4. The summed E-state index contributed by atoms with van der Waals surface area (Å²) in [6, 6.07) is 17.7. The van der Waals surface area contributed by atoms with Crippen LogP contribution in [0.4, 0.5) is 10.1 Å². The van der Waals surface area contributed by atoms with Gasteiger partial charge < -0.3 is 19.5 Å². The normalized spacial score (nSPS) is 15.5. The molecule has 1 aliphatic heterocycles. The third-order valence-corrected chi connectivity index (χ3v) is 5.73. The van der Waals surface area contributed by atoms with Crippen molar-refractivity contribution in [2.75, 3.05) is 19.2 Å². The Morgan fingerprint density at radius 2 is 1.80 bits per heavy atom. The number of hydrogen-bond acceptors (Lipinski definition) is 4. The van der Waals surface area contributed by atoms with Gasteiger partial charge in [-0.15, -0.1) is 0 Å². The molecule has 30 heavy (non-hydrogen) atoms. The first-order valence-electron chi connectivity index (χ1n) is 9.75. The molecule has 2 aliphatic rings. The van der Waals surface area contributed by atoms with E-state index in [-0.39, 0.29) is 18.4 Å². The lowest BCUT2D eigenvalue weighted by Crippen LogP contribution is -2.28. The average molecular weight is 405 g/mol. The number of benzene rings is 3. The van der Waals surface area contributed by atoms with Crippen molar-refractivity contribution in [3.05, 3.63) is 72.0 Å². The van der Waals surface area contributed by atoms with Crippen molar-refractivity contribution < 1.29 is 23.4 Å². The predicted molar refractivity (Wildman–Crippen MR) is 110 cm³/mol. The maximum atomic E-state index is 14.5. The van der Waals surface area contributed by atoms with Crippen LogP contribution in [0.25, 0.3) is 11.1 Å². The molecular formula is C24H20FNO4. The monoisotopic (exact) mass is 405 g/mol. The fourth-order valence-electron chi connectivity index (χ4n) is 3.81. The Balaban J connectivity index is 1.42. The Morgan fingerprint density at radius 1 is 1.00 bits per heavy atom. The minimum atomic E-state index is -0.667. The fraction of sp³-hybridized carbons (Fsp3) is 0.208. The molecule has 5 rings (SSSR count). The summed E-state index contributed by atoms with van der Waals surface area (Å²) in [5.74, 6) is 1.33.